The normalized spacial score (nSPS) is 13.6. The van der Waals surface area contributed by atoms with Gasteiger partial charge in [0, 0.05) is 11.2 Å². The molecule has 0 aliphatic carbocycles. The van der Waals surface area contributed by atoms with Crippen LogP contribution >= 0.6 is 23.2 Å². The Morgan fingerprint density at radius 1 is 1.00 bits per heavy atom. The molecule has 0 radical (unpaired) electrons. The zero-order chi connectivity index (χ0) is 12.5. The molecule has 1 aliphatic heterocycles. The number of rotatable bonds is 1. The van der Waals surface area contributed by atoms with Gasteiger partial charge in [-0.15, -0.1) is 0 Å². The van der Waals surface area contributed by atoms with Gasteiger partial charge in [-0.3, -0.25) is 4.99 Å². The molecule has 0 fully saturated rings. The highest BCUT2D eigenvalue weighted by molar-refractivity contribution is 6.36. The van der Waals surface area contributed by atoms with E-state index in [1.165, 1.54) is 0 Å². The number of aliphatic imine (C=N–C) groups is 1. The third kappa shape index (κ3) is 1.98. The zero-order valence-electron chi connectivity index (χ0n) is 9.48. The van der Waals surface area contributed by atoms with Crippen molar-refractivity contribution < 1.29 is 0 Å². The molecule has 0 spiro atoms. The van der Waals surface area contributed by atoms with Crippen LogP contribution in [0.5, 0.6) is 0 Å². The fraction of sp³-hybridized carbons (Fsp3) is 0.0714. The molecular formula is C14H10Cl2N2. The van der Waals surface area contributed by atoms with Crippen LogP contribution < -0.4 is 4.90 Å². The molecule has 18 heavy (non-hydrogen) atoms. The number of halogens is 2. The van der Waals surface area contributed by atoms with E-state index in [-0.39, 0.29) is 0 Å². The van der Waals surface area contributed by atoms with Crippen molar-refractivity contribution in [1.82, 2.24) is 0 Å². The molecule has 0 atom stereocenters. The molecule has 0 aromatic heterocycles. The van der Waals surface area contributed by atoms with Crippen molar-refractivity contribution in [2.24, 2.45) is 4.99 Å². The van der Waals surface area contributed by atoms with E-state index < -0.39 is 0 Å². The highest BCUT2D eigenvalue weighted by Gasteiger charge is 2.17. The van der Waals surface area contributed by atoms with Gasteiger partial charge in [0.2, 0.25) is 0 Å². The van der Waals surface area contributed by atoms with Gasteiger partial charge in [0.1, 0.15) is 0 Å². The Morgan fingerprint density at radius 3 is 2.67 bits per heavy atom. The molecule has 2 aromatic carbocycles. The van der Waals surface area contributed by atoms with E-state index in [2.05, 4.69) is 9.89 Å². The number of para-hydroxylation sites is 2. The number of hydrogen-bond donors (Lipinski definition) is 0. The lowest BCUT2D eigenvalue weighted by Crippen LogP contribution is -2.22. The first-order valence-electron chi connectivity index (χ1n) is 5.60. The zero-order valence-corrected chi connectivity index (χ0v) is 11.0. The molecule has 0 unspecified atom stereocenters. The summed E-state index contributed by atoms with van der Waals surface area (Å²) in [5, 5.41) is 1.29. The van der Waals surface area contributed by atoms with Crippen LogP contribution in [0.4, 0.5) is 17.1 Å². The molecule has 0 saturated carbocycles. The van der Waals surface area contributed by atoms with Crippen molar-refractivity contribution in [2.75, 3.05) is 11.4 Å². The van der Waals surface area contributed by atoms with E-state index in [1.54, 1.807) is 6.07 Å². The third-order valence-electron chi connectivity index (χ3n) is 2.87. The summed E-state index contributed by atoms with van der Waals surface area (Å²) in [5.74, 6) is 0. The van der Waals surface area contributed by atoms with Crippen molar-refractivity contribution in [3.05, 3.63) is 52.5 Å². The Hall–Kier alpha value is -1.51. The molecule has 0 bridgehead atoms. The first kappa shape index (κ1) is 11.6. The summed E-state index contributed by atoms with van der Waals surface area (Å²) in [4.78, 5) is 6.51. The lowest BCUT2D eigenvalue weighted by atomic mass is 10.2. The summed E-state index contributed by atoms with van der Waals surface area (Å²) in [6.45, 7) is 0.707. The Morgan fingerprint density at radius 2 is 1.83 bits per heavy atom. The van der Waals surface area contributed by atoms with Gasteiger partial charge >= 0.3 is 0 Å². The Labute approximate surface area is 115 Å². The fourth-order valence-corrected chi connectivity index (χ4v) is 2.56. The van der Waals surface area contributed by atoms with Crippen molar-refractivity contribution in [1.29, 1.82) is 0 Å². The molecule has 90 valence electrons. The van der Waals surface area contributed by atoms with Crippen LogP contribution in [0.25, 0.3) is 0 Å². The van der Waals surface area contributed by atoms with E-state index >= 15 is 0 Å². The second-order valence-electron chi connectivity index (χ2n) is 4.01. The Balaban J connectivity index is 2.11. The van der Waals surface area contributed by atoms with Crippen molar-refractivity contribution >= 4 is 46.5 Å². The standard InChI is InChI=1S/C14H10Cl2N2/c15-10-5-6-13(11(16)9-10)18-8-7-17-12-3-1-2-4-14(12)18/h1-7,9H,8H2. The monoisotopic (exact) mass is 276 g/mol. The minimum atomic E-state index is 0.641. The average molecular weight is 277 g/mol. The van der Waals surface area contributed by atoms with Crippen LogP contribution in [0.1, 0.15) is 0 Å². The van der Waals surface area contributed by atoms with Crippen LogP contribution in [0.3, 0.4) is 0 Å². The van der Waals surface area contributed by atoms with Gasteiger partial charge in [0.15, 0.2) is 0 Å². The van der Waals surface area contributed by atoms with Crippen LogP contribution in [-0.2, 0) is 0 Å². The fourth-order valence-electron chi connectivity index (χ4n) is 2.05. The highest BCUT2D eigenvalue weighted by atomic mass is 35.5. The average Bonchev–Trinajstić information content (AvgIpc) is 2.38. The van der Waals surface area contributed by atoms with Crippen molar-refractivity contribution in [2.45, 2.75) is 0 Å². The van der Waals surface area contributed by atoms with Crippen molar-refractivity contribution in [3.8, 4) is 0 Å². The number of benzene rings is 2. The maximum Gasteiger partial charge on any atom is 0.0863 e. The lowest BCUT2D eigenvalue weighted by molar-refractivity contribution is 1.12. The Kier molecular flexibility index (Phi) is 2.98. The molecule has 1 heterocycles. The van der Waals surface area contributed by atoms with Gasteiger partial charge in [0.25, 0.3) is 0 Å². The molecule has 0 saturated heterocycles. The molecule has 0 N–H and O–H groups in total. The minimum absolute atomic E-state index is 0.641. The van der Waals surface area contributed by atoms with E-state index in [0.717, 1.165) is 17.1 Å². The first-order chi connectivity index (χ1) is 8.75. The maximum absolute atomic E-state index is 6.26. The molecule has 3 rings (SSSR count). The second kappa shape index (κ2) is 4.63. The quantitative estimate of drug-likeness (QED) is 0.727. The van der Waals surface area contributed by atoms with Gasteiger partial charge in [-0.1, -0.05) is 35.3 Å². The summed E-state index contributed by atoms with van der Waals surface area (Å²) in [7, 11) is 0. The number of fused-ring (bicyclic) bond motifs is 1. The number of nitrogens with zero attached hydrogens (tertiary/aromatic N) is 2. The Bertz CT molecular complexity index is 623. The number of anilines is 2. The summed E-state index contributed by atoms with van der Waals surface area (Å²) >= 11 is 12.2. The topological polar surface area (TPSA) is 15.6 Å². The first-order valence-corrected chi connectivity index (χ1v) is 6.35. The van der Waals surface area contributed by atoms with Gasteiger partial charge < -0.3 is 4.90 Å². The molecule has 4 heteroatoms. The minimum Gasteiger partial charge on any atom is -0.333 e. The highest BCUT2D eigenvalue weighted by Crippen LogP contribution is 2.39. The third-order valence-corrected chi connectivity index (χ3v) is 3.41. The maximum atomic E-state index is 6.26. The molecular weight excluding hydrogens is 267 g/mol. The molecule has 2 nitrogen and oxygen atoms in total. The predicted molar refractivity (Wildman–Crippen MR) is 78.1 cm³/mol. The SMILES string of the molecule is Clc1ccc(N2CC=Nc3ccccc32)c(Cl)c1. The predicted octanol–water partition coefficient (Wildman–Crippen LogP) is 4.85. The van der Waals surface area contributed by atoms with Gasteiger partial charge in [-0.25, -0.2) is 0 Å². The van der Waals surface area contributed by atoms with Crippen LogP contribution in [-0.4, -0.2) is 12.8 Å². The van der Waals surface area contributed by atoms with E-state index in [0.29, 0.717) is 16.6 Å². The lowest BCUT2D eigenvalue weighted by Gasteiger charge is -2.28. The van der Waals surface area contributed by atoms with E-state index in [1.807, 2.05) is 42.6 Å². The van der Waals surface area contributed by atoms with Gasteiger partial charge in [-0.2, -0.15) is 0 Å². The smallest absolute Gasteiger partial charge is 0.0863 e. The van der Waals surface area contributed by atoms with E-state index in [4.69, 9.17) is 23.2 Å². The van der Waals surface area contributed by atoms with Crippen LogP contribution in [0.15, 0.2) is 47.5 Å². The second-order valence-corrected chi connectivity index (χ2v) is 4.85. The van der Waals surface area contributed by atoms with E-state index in [9.17, 15) is 0 Å². The van der Waals surface area contributed by atoms with Gasteiger partial charge in [-0.05, 0) is 30.3 Å². The summed E-state index contributed by atoms with van der Waals surface area (Å²) in [5.41, 5.74) is 2.96. The number of hydrogen-bond acceptors (Lipinski definition) is 2. The van der Waals surface area contributed by atoms with Crippen molar-refractivity contribution in [3.63, 3.8) is 0 Å². The van der Waals surface area contributed by atoms with Gasteiger partial charge in [0.05, 0.1) is 28.6 Å². The summed E-state index contributed by atoms with van der Waals surface area (Å²) in [6, 6.07) is 13.5. The van der Waals surface area contributed by atoms with Crippen LogP contribution in [0, 0.1) is 0 Å². The molecule has 0 amide bonds. The molecule has 1 aliphatic rings. The summed E-state index contributed by atoms with van der Waals surface area (Å²) in [6.07, 6.45) is 1.88. The molecule has 2 aromatic rings. The summed E-state index contributed by atoms with van der Waals surface area (Å²) < 4.78 is 0. The largest absolute Gasteiger partial charge is 0.333 e. The van der Waals surface area contributed by atoms with Crippen LogP contribution in [0.2, 0.25) is 10.0 Å².